The van der Waals surface area contributed by atoms with Crippen LogP contribution in [0.3, 0.4) is 0 Å². The highest BCUT2D eigenvalue weighted by atomic mass is 35.5. The van der Waals surface area contributed by atoms with E-state index in [-0.39, 0.29) is 32.1 Å². The van der Waals surface area contributed by atoms with Crippen LogP contribution in [0, 0.1) is 0 Å². The Hall–Kier alpha value is -0.860. The highest BCUT2D eigenvalue weighted by Crippen LogP contribution is 2.33. The molecule has 0 aromatic heterocycles. The standard InChI is InChI=1S/C19H27Cl2N3O3S/c1-24(2)19(8-4-3-5-9-19)12-22-18(25)14-10-17(16(21)11-15(14)20)28(26,27)23-13-6-7-13/h10-11,13,23H,3-9,12H2,1-2H3,(H,22,25). The molecule has 2 aliphatic carbocycles. The van der Waals surface area contributed by atoms with E-state index < -0.39 is 15.9 Å². The number of halogens is 2. The monoisotopic (exact) mass is 447 g/mol. The number of benzene rings is 1. The van der Waals surface area contributed by atoms with Crippen molar-refractivity contribution in [2.45, 2.75) is 61.4 Å². The number of amides is 1. The second-order valence-corrected chi connectivity index (χ2v) is 10.5. The van der Waals surface area contributed by atoms with Gasteiger partial charge in [0.2, 0.25) is 10.0 Å². The summed E-state index contributed by atoms with van der Waals surface area (Å²) in [6.45, 7) is 0.486. The van der Waals surface area contributed by atoms with Gasteiger partial charge in [-0.2, -0.15) is 0 Å². The molecule has 0 heterocycles. The van der Waals surface area contributed by atoms with Crippen molar-refractivity contribution in [2.75, 3.05) is 20.6 Å². The zero-order valence-electron chi connectivity index (χ0n) is 16.2. The molecule has 28 heavy (non-hydrogen) atoms. The summed E-state index contributed by atoms with van der Waals surface area (Å²) in [5.41, 5.74) is 0.0295. The Bertz CT molecular complexity index is 848. The van der Waals surface area contributed by atoms with Crippen molar-refractivity contribution in [3.63, 3.8) is 0 Å². The lowest BCUT2D eigenvalue weighted by Crippen LogP contribution is -2.53. The molecule has 156 valence electrons. The topological polar surface area (TPSA) is 78.5 Å². The number of hydrogen-bond acceptors (Lipinski definition) is 4. The van der Waals surface area contributed by atoms with E-state index in [4.69, 9.17) is 23.2 Å². The molecule has 6 nitrogen and oxygen atoms in total. The predicted molar refractivity (Wildman–Crippen MR) is 112 cm³/mol. The van der Waals surface area contributed by atoms with Gasteiger partial charge in [-0.3, -0.25) is 4.79 Å². The molecule has 9 heteroatoms. The zero-order chi connectivity index (χ0) is 20.5. The van der Waals surface area contributed by atoms with Crippen molar-refractivity contribution in [3.8, 4) is 0 Å². The van der Waals surface area contributed by atoms with Crippen LogP contribution in [0.1, 0.15) is 55.3 Å². The fourth-order valence-electron chi connectivity index (χ4n) is 3.73. The molecule has 2 saturated carbocycles. The van der Waals surface area contributed by atoms with Gasteiger partial charge in [0.1, 0.15) is 4.90 Å². The van der Waals surface area contributed by atoms with Crippen LogP contribution in [-0.2, 0) is 10.0 Å². The third-order valence-corrected chi connectivity index (χ3v) is 8.06. The molecule has 0 spiro atoms. The van der Waals surface area contributed by atoms with E-state index in [1.165, 1.54) is 18.6 Å². The third kappa shape index (κ3) is 4.82. The maximum atomic E-state index is 12.8. The number of nitrogens with zero attached hydrogens (tertiary/aromatic N) is 1. The first-order valence-electron chi connectivity index (χ1n) is 9.62. The van der Waals surface area contributed by atoms with E-state index in [0.717, 1.165) is 38.5 Å². The predicted octanol–water partition coefficient (Wildman–Crippen LogP) is 3.43. The number of carbonyl (C=O) groups excluding carboxylic acids is 1. The largest absolute Gasteiger partial charge is 0.350 e. The van der Waals surface area contributed by atoms with Gasteiger partial charge in [-0.1, -0.05) is 42.5 Å². The van der Waals surface area contributed by atoms with Crippen LogP contribution in [0.25, 0.3) is 0 Å². The van der Waals surface area contributed by atoms with Gasteiger partial charge in [0.25, 0.3) is 5.91 Å². The smallest absolute Gasteiger partial charge is 0.252 e. The second-order valence-electron chi connectivity index (χ2n) is 8.02. The first kappa shape index (κ1) is 21.8. The van der Waals surface area contributed by atoms with Gasteiger partial charge in [-0.15, -0.1) is 0 Å². The Balaban J connectivity index is 1.80. The molecule has 2 aliphatic rings. The maximum absolute atomic E-state index is 12.8. The Morgan fingerprint density at radius 3 is 2.36 bits per heavy atom. The molecule has 0 saturated heterocycles. The van der Waals surface area contributed by atoms with E-state index >= 15 is 0 Å². The van der Waals surface area contributed by atoms with Gasteiger partial charge in [0, 0.05) is 18.1 Å². The molecular formula is C19H27Cl2N3O3S. The van der Waals surface area contributed by atoms with E-state index in [9.17, 15) is 13.2 Å². The van der Waals surface area contributed by atoms with Gasteiger partial charge >= 0.3 is 0 Å². The molecule has 0 bridgehead atoms. The highest BCUT2D eigenvalue weighted by Gasteiger charge is 2.35. The number of carbonyl (C=O) groups is 1. The number of rotatable bonds is 7. The SMILES string of the molecule is CN(C)C1(CNC(=O)c2cc(S(=O)(=O)NC3CC3)c(Cl)cc2Cl)CCCCC1. The van der Waals surface area contributed by atoms with E-state index in [2.05, 4.69) is 14.9 Å². The zero-order valence-corrected chi connectivity index (χ0v) is 18.6. The average Bonchev–Trinajstić information content (AvgIpc) is 3.43. The quantitative estimate of drug-likeness (QED) is 0.670. The van der Waals surface area contributed by atoms with Crippen LogP contribution in [0.4, 0.5) is 0 Å². The number of sulfonamides is 1. The van der Waals surface area contributed by atoms with Crippen LogP contribution in [0.2, 0.25) is 10.0 Å². The molecular weight excluding hydrogens is 421 g/mol. The lowest BCUT2D eigenvalue weighted by Gasteiger charge is -2.43. The van der Waals surface area contributed by atoms with Crippen LogP contribution >= 0.6 is 23.2 Å². The molecule has 0 atom stereocenters. The summed E-state index contributed by atoms with van der Waals surface area (Å²) < 4.78 is 27.7. The molecule has 2 fully saturated rings. The molecule has 0 radical (unpaired) electrons. The Morgan fingerprint density at radius 1 is 1.14 bits per heavy atom. The van der Waals surface area contributed by atoms with Crippen molar-refractivity contribution in [1.82, 2.24) is 14.9 Å². The van der Waals surface area contributed by atoms with Crippen LogP contribution in [-0.4, -0.2) is 51.4 Å². The molecule has 0 unspecified atom stereocenters. The van der Waals surface area contributed by atoms with Crippen molar-refractivity contribution in [1.29, 1.82) is 0 Å². The summed E-state index contributed by atoms with van der Waals surface area (Å²) in [6, 6.07) is 2.54. The van der Waals surface area contributed by atoms with E-state index in [1.54, 1.807) is 0 Å². The first-order valence-corrected chi connectivity index (χ1v) is 11.9. The Labute approximate surface area is 177 Å². The molecule has 2 N–H and O–H groups in total. The average molecular weight is 448 g/mol. The first-order chi connectivity index (χ1) is 13.1. The summed E-state index contributed by atoms with van der Waals surface area (Å²) in [5.74, 6) is -0.392. The summed E-state index contributed by atoms with van der Waals surface area (Å²) in [4.78, 5) is 14.9. The van der Waals surface area contributed by atoms with Gasteiger partial charge in [-0.05, 0) is 51.9 Å². The second kappa shape index (κ2) is 8.48. The van der Waals surface area contributed by atoms with E-state index in [1.807, 2.05) is 14.1 Å². The van der Waals surface area contributed by atoms with Gasteiger partial charge < -0.3 is 10.2 Å². The molecule has 1 amide bonds. The molecule has 3 rings (SSSR count). The lowest BCUT2D eigenvalue weighted by atomic mass is 9.80. The highest BCUT2D eigenvalue weighted by molar-refractivity contribution is 7.89. The molecule has 1 aromatic carbocycles. The lowest BCUT2D eigenvalue weighted by molar-refractivity contribution is 0.0799. The third-order valence-electron chi connectivity index (χ3n) is 5.77. The number of hydrogen-bond donors (Lipinski definition) is 2. The minimum absolute atomic E-state index is 0.00624. The molecule has 1 aromatic rings. The van der Waals surface area contributed by atoms with Crippen molar-refractivity contribution >= 4 is 39.1 Å². The van der Waals surface area contributed by atoms with Gasteiger partial charge in [-0.25, -0.2) is 13.1 Å². The van der Waals surface area contributed by atoms with Crippen LogP contribution in [0.15, 0.2) is 17.0 Å². The van der Waals surface area contributed by atoms with Gasteiger partial charge in [0.05, 0.1) is 15.6 Å². The van der Waals surface area contributed by atoms with Crippen molar-refractivity contribution in [2.24, 2.45) is 0 Å². The molecule has 0 aliphatic heterocycles. The maximum Gasteiger partial charge on any atom is 0.252 e. The summed E-state index contributed by atoms with van der Waals surface area (Å²) in [7, 11) is 0.267. The summed E-state index contributed by atoms with van der Waals surface area (Å²) in [6.07, 6.45) is 7.12. The Kier molecular flexibility index (Phi) is 6.61. The van der Waals surface area contributed by atoms with Crippen LogP contribution in [0.5, 0.6) is 0 Å². The minimum Gasteiger partial charge on any atom is -0.350 e. The normalized spacial score (nSPS) is 19.6. The van der Waals surface area contributed by atoms with Crippen molar-refractivity contribution < 1.29 is 13.2 Å². The minimum atomic E-state index is -3.79. The number of nitrogens with one attached hydrogen (secondary N) is 2. The fourth-order valence-corrected chi connectivity index (χ4v) is 5.89. The Morgan fingerprint density at radius 2 is 1.79 bits per heavy atom. The van der Waals surface area contributed by atoms with Gasteiger partial charge in [0.15, 0.2) is 0 Å². The van der Waals surface area contributed by atoms with E-state index in [0.29, 0.717) is 6.54 Å². The fraction of sp³-hybridized carbons (Fsp3) is 0.632. The van der Waals surface area contributed by atoms with Crippen LogP contribution < -0.4 is 10.0 Å². The summed E-state index contributed by atoms with van der Waals surface area (Å²) in [5, 5.41) is 3.10. The number of likely N-dealkylation sites (N-methyl/N-ethyl adjacent to an activating group) is 1. The summed E-state index contributed by atoms with van der Waals surface area (Å²) >= 11 is 12.3. The van der Waals surface area contributed by atoms with Crippen molar-refractivity contribution in [3.05, 3.63) is 27.7 Å².